The Morgan fingerprint density at radius 1 is 1.12 bits per heavy atom. The molecular formula is C16H21N7O3. The number of aromatic amines is 1. The third-order valence-corrected chi connectivity index (χ3v) is 3.52. The molecule has 9 N–H and O–H groups in total. The second kappa shape index (κ2) is 8.51. The molecule has 10 heteroatoms. The summed E-state index contributed by atoms with van der Waals surface area (Å²) in [6.07, 6.45) is 0.734. The molecule has 0 radical (unpaired) electrons. The largest absolute Gasteiger partial charge is 0.382 e. The molecule has 1 aromatic heterocycles. The molecule has 0 saturated carbocycles. The molecule has 0 aliphatic heterocycles. The number of anilines is 2. The Labute approximate surface area is 149 Å². The lowest BCUT2D eigenvalue weighted by atomic mass is 10.2. The van der Waals surface area contributed by atoms with Gasteiger partial charge in [-0.3, -0.25) is 14.4 Å². The van der Waals surface area contributed by atoms with Gasteiger partial charge in [0.2, 0.25) is 5.91 Å². The topological polar surface area (TPSA) is 182 Å². The molecule has 138 valence electrons. The van der Waals surface area contributed by atoms with E-state index in [1.54, 1.807) is 24.3 Å². The van der Waals surface area contributed by atoms with E-state index < -0.39 is 11.8 Å². The van der Waals surface area contributed by atoms with Crippen molar-refractivity contribution in [3.8, 4) is 0 Å². The molecule has 0 aliphatic rings. The number of nitrogens with two attached hydrogens (primary N) is 3. The van der Waals surface area contributed by atoms with Crippen molar-refractivity contribution in [2.24, 2.45) is 11.5 Å². The van der Waals surface area contributed by atoms with E-state index in [1.807, 2.05) is 0 Å². The molecule has 1 heterocycles. The fourth-order valence-corrected chi connectivity index (χ4v) is 2.20. The van der Waals surface area contributed by atoms with E-state index in [0.29, 0.717) is 30.9 Å². The smallest absolute Gasteiger partial charge is 0.269 e. The summed E-state index contributed by atoms with van der Waals surface area (Å²) in [7, 11) is 0. The molecule has 3 amide bonds. The predicted octanol–water partition coefficient (Wildman–Crippen LogP) is -0.302. The van der Waals surface area contributed by atoms with Crippen LogP contribution in [0.4, 0.5) is 11.5 Å². The quantitative estimate of drug-likeness (QED) is 0.334. The maximum Gasteiger partial charge on any atom is 0.269 e. The molecule has 26 heavy (non-hydrogen) atoms. The van der Waals surface area contributed by atoms with Gasteiger partial charge in [-0.1, -0.05) is 0 Å². The zero-order valence-corrected chi connectivity index (χ0v) is 14.0. The normalized spacial score (nSPS) is 10.3. The van der Waals surface area contributed by atoms with E-state index in [-0.39, 0.29) is 23.8 Å². The van der Waals surface area contributed by atoms with Crippen LogP contribution in [-0.2, 0) is 11.3 Å². The Morgan fingerprint density at radius 3 is 2.38 bits per heavy atom. The summed E-state index contributed by atoms with van der Waals surface area (Å²) < 4.78 is 0. The highest BCUT2D eigenvalue weighted by atomic mass is 16.2. The molecular weight excluding hydrogens is 338 g/mol. The first-order chi connectivity index (χ1) is 12.4. The van der Waals surface area contributed by atoms with Crippen molar-refractivity contribution >= 4 is 29.2 Å². The number of primary amides is 2. The van der Waals surface area contributed by atoms with Crippen LogP contribution < -0.4 is 27.8 Å². The fraction of sp³-hybridized carbons (Fsp3) is 0.250. The van der Waals surface area contributed by atoms with Gasteiger partial charge in [-0.15, -0.1) is 0 Å². The lowest BCUT2D eigenvalue weighted by molar-refractivity contribution is -0.118. The van der Waals surface area contributed by atoms with Crippen LogP contribution in [0.15, 0.2) is 24.3 Å². The molecule has 0 saturated heterocycles. The van der Waals surface area contributed by atoms with Gasteiger partial charge in [0.15, 0.2) is 5.82 Å². The average Bonchev–Trinajstić information content (AvgIpc) is 2.98. The summed E-state index contributed by atoms with van der Waals surface area (Å²) >= 11 is 0. The van der Waals surface area contributed by atoms with Gasteiger partial charge in [0.05, 0.1) is 6.54 Å². The highest BCUT2D eigenvalue weighted by molar-refractivity contribution is 5.95. The zero-order valence-electron chi connectivity index (χ0n) is 14.0. The van der Waals surface area contributed by atoms with Crippen LogP contribution in [0.25, 0.3) is 0 Å². The van der Waals surface area contributed by atoms with E-state index >= 15 is 0 Å². The fourth-order valence-electron chi connectivity index (χ4n) is 2.20. The molecule has 0 aliphatic carbocycles. The summed E-state index contributed by atoms with van der Waals surface area (Å²) in [6.45, 7) is 0.681. The van der Waals surface area contributed by atoms with Crippen LogP contribution in [0.1, 0.15) is 39.5 Å². The number of imidazole rings is 1. The van der Waals surface area contributed by atoms with Gasteiger partial charge in [-0.2, -0.15) is 0 Å². The SMILES string of the molecule is NC(=O)CCCNC(=O)c1ccc(NCc2nc(N)c(C(N)=O)[nH]2)cc1. The number of hydrogen-bond donors (Lipinski definition) is 6. The number of rotatable bonds is 9. The number of aromatic nitrogens is 2. The van der Waals surface area contributed by atoms with Crippen LogP contribution in [0.2, 0.25) is 0 Å². The lowest BCUT2D eigenvalue weighted by Gasteiger charge is -2.07. The highest BCUT2D eigenvalue weighted by Crippen LogP contribution is 2.12. The third-order valence-electron chi connectivity index (χ3n) is 3.52. The number of carbonyl (C=O) groups excluding carboxylic acids is 3. The van der Waals surface area contributed by atoms with E-state index in [0.717, 1.165) is 5.69 Å². The number of H-pyrrole nitrogens is 1. The van der Waals surface area contributed by atoms with Crippen LogP contribution >= 0.6 is 0 Å². The number of hydrogen-bond acceptors (Lipinski definition) is 6. The van der Waals surface area contributed by atoms with E-state index in [1.165, 1.54) is 0 Å². The summed E-state index contributed by atoms with van der Waals surface area (Å²) in [5.41, 5.74) is 17.1. The number of nitrogen functional groups attached to an aromatic ring is 1. The molecule has 2 rings (SSSR count). The van der Waals surface area contributed by atoms with Crippen molar-refractivity contribution in [1.82, 2.24) is 15.3 Å². The van der Waals surface area contributed by atoms with Crippen molar-refractivity contribution in [3.63, 3.8) is 0 Å². The average molecular weight is 359 g/mol. The molecule has 0 unspecified atom stereocenters. The summed E-state index contributed by atoms with van der Waals surface area (Å²) in [5, 5.41) is 5.80. The van der Waals surface area contributed by atoms with Gasteiger partial charge in [0.25, 0.3) is 11.8 Å². The Hall–Kier alpha value is -3.56. The lowest BCUT2D eigenvalue weighted by Crippen LogP contribution is -2.25. The minimum Gasteiger partial charge on any atom is -0.382 e. The number of benzene rings is 1. The maximum atomic E-state index is 12.0. The first-order valence-corrected chi connectivity index (χ1v) is 7.91. The number of nitrogens with one attached hydrogen (secondary N) is 3. The molecule has 1 aromatic carbocycles. The van der Waals surface area contributed by atoms with E-state index in [2.05, 4.69) is 20.6 Å². The van der Waals surface area contributed by atoms with Crippen molar-refractivity contribution in [3.05, 3.63) is 41.3 Å². The Morgan fingerprint density at radius 2 is 1.81 bits per heavy atom. The number of nitrogens with zero attached hydrogens (tertiary/aromatic N) is 1. The van der Waals surface area contributed by atoms with Crippen molar-refractivity contribution in [2.45, 2.75) is 19.4 Å². The number of carbonyl (C=O) groups is 3. The van der Waals surface area contributed by atoms with Crippen LogP contribution in [0, 0.1) is 0 Å². The minimum absolute atomic E-state index is 0.0534. The first kappa shape index (κ1) is 18.8. The highest BCUT2D eigenvalue weighted by Gasteiger charge is 2.12. The molecule has 10 nitrogen and oxygen atoms in total. The van der Waals surface area contributed by atoms with Crippen LogP contribution in [0.5, 0.6) is 0 Å². The van der Waals surface area contributed by atoms with E-state index in [4.69, 9.17) is 17.2 Å². The Kier molecular flexibility index (Phi) is 6.15. The molecule has 0 atom stereocenters. The van der Waals surface area contributed by atoms with Crippen molar-refractivity contribution < 1.29 is 14.4 Å². The Balaban J connectivity index is 1.85. The molecule has 0 bridgehead atoms. The van der Waals surface area contributed by atoms with Crippen LogP contribution in [0.3, 0.4) is 0 Å². The maximum absolute atomic E-state index is 12.0. The zero-order chi connectivity index (χ0) is 19.1. The van der Waals surface area contributed by atoms with Gasteiger partial charge in [-0.05, 0) is 30.7 Å². The van der Waals surface area contributed by atoms with Gasteiger partial charge in [-0.25, -0.2) is 4.98 Å². The third kappa shape index (κ3) is 5.23. The van der Waals surface area contributed by atoms with Gasteiger partial charge in [0, 0.05) is 24.2 Å². The summed E-state index contributed by atoms with van der Waals surface area (Å²) in [5.74, 6) is -0.778. The summed E-state index contributed by atoms with van der Waals surface area (Å²) in [6, 6.07) is 6.80. The predicted molar refractivity (Wildman–Crippen MR) is 96.0 cm³/mol. The molecule has 0 spiro atoms. The first-order valence-electron chi connectivity index (χ1n) is 7.91. The monoisotopic (exact) mass is 359 g/mol. The van der Waals surface area contributed by atoms with Crippen molar-refractivity contribution in [1.29, 1.82) is 0 Å². The van der Waals surface area contributed by atoms with Crippen LogP contribution in [-0.4, -0.2) is 34.2 Å². The van der Waals surface area contributed by atoms with Crippen molar-refractivity contribution in [2.75, 3.05) is 17.6 Å². The van der Waals surface area contributed by atoms with Gasteiger partial charge < -0.3 is 32.8 Å². The standard InChI is InChI=1S/C16H21N7O3/c17-11(24)2-1-7-20-16(26)9-3-5-10(6-4-9)21-8-12-22-13(15(19)25)14(18)23-12/h3-6,21H,1-2,7-8,18H2,(H2,17,24)(H2,19,25)(H,20,26)(H,22,23). The second-order valence-electron chi connectivity index (χ2n) is 5.56. The van der Waals surface area contributed by atoms with Gasteiger partial charge >= 0.3 is 0 Å². The summed E-state index contributed by atoms with van der Waals surface area (Å²) in [4.78, 5) is 40.5. The Bertz CT molecular complexity index is 799. The second-order valence-corrected chi connectivity index (χ2v) is 5.56. The van der Waals surface area contributed by atoms with E-state index in [9.17, 15) is 14.4 Å². The molecule has 2 aromatic rings. The number of amides is 3. The molecule has 0 fully saturated rings. The van der Waals surface area contributed by atoms with Gasteiger partial charge in [0.1, 0.15) is 11.5 Å². The minimum atomic E-state index is -0.674.